The number of hydrogen-bond donors (Lipinski definition) is 0. The normalized spacial score (nSPS) is 11.0. The molecule has 2 rings (SSSR count). The van der Waals surface area contributed by atoms with Crippen molar-refractivity contribution in [1.82, 2.24) is 14.3 Å². The van der Waals surface area contributed by atoms with Crippen LogP contribution in [0.1, 0.15) is 20.3 Å². The number of aromatic nitrogens is 3. The zero-order valence-electron chi connectivity index (χ0n) is 13.6. The molecule has 0 atom stereocenters. The SMILES string of the molecule is CC(C)CN(C(=O)CCn1ncn(C)c1=O)c1ccccc1Cl. The van der Waals surface area contributed by atoms with Crippen LogP contribution in [0.2, 0.25) is 5.02 Å². The van der Waals surface area contributed by atoms with Gasteiger partial charge in [-0.1, -0.05) is 37.6 Å². The van der Waals surface area contributed by atoms with Gasteiger partial charge in [0.25, 0.3) is 0 Å². The summed E-state index contributed by atoms with van der Waals surface area (Å²) in [6.07, 6.45) is 1.63. The van der Waals surface area contributed by atoms with Gasteiger partial charge < -0.3 is 4.90 Å². The fraction of sp³-hybridized carbons (Fsp3) is 0.438. The molecule has 0 unspecified atom stereocenters. The topological polar surface area (TPSA) is 60.1 Å². The van der Waals surface area contributed by atoms with E-state index in [2.05, 4.69) is 5.10 Å². The second-order valence-corrected chi connectivity index (χ2v) is 6.25. The van der Waals surface area contributed by atoms with Crippen LogP contribution in [0.3, 0.4) is 0 Å². The van der Waals surface area contributed by atoms with Crippen LogP contribution >= 0.6 is 11.6 Å². The van der Waals surface area contributed by atoms with Crippen LogP contribution in [0.5, 0.6) is 0 Å². The molecule has 1 amide bonds. The van der Waals surface area contributed by atoms with Crippen LogP contribution in [0.15, 0.2) is 35.4 Å². The maximum atomic E-state index is 12.6. The Morgan fingerprint density at radius 3 is 2.61 bits per heavy atom. The van der Waals surface area contributed by atoms with Gasteiger partial charge in [0.2, 0.25) is 5.91 Å². The first-order valence-corrected chi connectivity index (χ1v) is 7.91. The lowest BCUT2D eigenvalue weighted by Gasteiger charge is -2.25. The molecule has 0 saturated heterocycles. The Balaban J connectivity index is 2.16. The molecule has 0 bridgehead atoms. The lowest BCUT2D eigenvalue weighted by Crippen LogP contribution is -2.36. The van der Waals surface area contributed by atoms with Crippen LogP contribution in [-0.2, 0) is 18.4 Å². The van der Waals surface area contributed by atoms with Gasteiger partial charge >= 0.3 is 5.69 Å². The monoisotopic (exact) mass is 336 g/mol. The number of nitrogens with zero attached hydrogens (tertiary/aromatic N) is 4. The molecule has 0 radical (unpaired) electrons. The molecule has 0 spiro atoms. The summed E-state index contributed by atoms with van der Waals surface area (Å²) in [7, 11) is 1.63. The van der Waals surface area contributed by atoms with Crippen molar-refractivity contribution < 1.29 is 4.79 Å². The summed E-state index contributed by atoms with van der Waals surface area (Å²) >= 11 is 6.23. The number of rotatable bonds is 6. The van der Waals surface area contributed by atoms with Gasteiger partial charge in [0.05, 0.1) is 17.3 Å². The van der Waals surface area contributed by atoms with E-state index in [1.165, 1.54) is 15.6 Å². The Hall–Kier alpha value is -2.08. The predicted molar refractivity (Wildman–Crippen MR) is 90.7 cm³/mol. The Morgan fingerprint density at radius 1 is 1.35 bits per heavy atom. The second kappa shape index (κ2) is 7.46. The summed E-state index contributed by atoms with van der Waals surface area (Å²) < 4.78 is 2.67. The number of amides is 1. The minimum atomic E-state index is -0.231. The highest BCUT2D eigenvalue weighted by Gasteiger charge is 2.19. The lowest BCUT2D eigenvalue weighted by molar-refractivity contribution is -0.119. The first-order chi connectivity index (χ1) is 10.9. The van der Waals surface area contributed by atoms with Crippen LogP contribution in [0.25, 0.3) is 0 Å². The molecule has 6 nitrogen and oxygen atoms in total. The maximum Gasteiger partial charge on any atom is 0.345 e. The highest BCUT2D eigenvalue weighted by Crippen LogP contribution is 2.26. The van der Waals surface area contributed by atoms with E-state index in [1.54, 1.807) is 18.0 Å². The number of halogens is 1. The zero-order chi connectivity index (χ0) is 17.0. The molecule has 0 saturated carbocycles. The highest BCUT2D eigenvalue weighted by atomic mass is 35.5. The number of anilines is 1. The average molecular weight is 337 g/mol. The predicted octanol–water partition coefficient (Wildman–Crippen LogP) is 2.31. The third-order valence-electron chi connectivity index (χ3n) is 3.42. The first kappa shape index (κ1) is 17.3. The van der Waals surface area contributed by atoms with E-state index >= 15 is 0 Å². The molecule has 2 aromatic rings. The second-order valence-electron chi connectivity index (χ2n) is 5.85. The summed E-state index contributed by atoms with van der Waals surface area (Å²) in [5, 5.41) is 4.51. The quantitative estimate of drug-likeness (QED) is 0.813. The summed E-state index contributed by atoms with van der Waals surface area (Å²) in [6, 6.07) is 7.28. The minimum Gasteiger partial charge on any atom is -0.311 e. The van der Waals surface area contributed by atoms with Gasteiger partial charge in [-0.2, -0.15) is 5.10 Å². The zero-order valence-corrected chi connectivity index (χ0v) is 14.3. The summed E-state index contributed by atoms with van der Waals surface area (Å²) in [6.45, 7) is 4.90. The van der Waals surface area contributed by atoms with Gasteiger partial charge in [0, 0.05) is 20.0 Å². The summed E-state index contributed by atoms with van der Waals surface area (Å²) in [5.74, 6) is 0.220. The van der Waals surface area contributed by atoms with Crippen LogP contribution < -0.4 is 10.6 Å². The van der Waals surface area contributed by atoms with E-state index < -0.39 is 0 Å². The van der Waals surface area contributed by atoms with E-state index in [-0.39, 0.29) is 24.6 Å². The fourth-order valence-electron chi connectivity index (χ4n) is 2.28. The number of hydrogen-bond acceptors (Lipinski definition) is 3. The van der Waals surface area contributed by atoms with Crippen LogP contribution in [0.4, 0.5) is 5.69 Å². The molecule has 1 heterocycles. The van der Waals surface area contributed by atoms with Crippen LogP contribution in [-0.4, -0.2) is 26.8 Å². The van der Waals surface area contributed by atoms with Crippen molar-refractivity contribution in [2.45, 2.75) is 26.8 Å². The van der Waals surface area contributed by atoms with E-state index in [9.17, 15) is 9.59 Å². The van der Waals surface area contributed by atoms with Crippen molar-refractivity contribution in [2.75, 3.05) is 11.4 Å². The van der Waals surface area contributed by atoms with Crippen molar-refractivity contribution >= 4 is 23.2 Å². The molecule has 124 valence electrons. The van der Waals surface area contributed by atoms with E-state index in [1.807, 2.05) is 32.0 Å². The van der Waals surface area contributed by atoms with Crippen molar-refractivity contribution in [2.24, 2.45) is 13.0 Å². The molecule has 1 aromatic heterocycles. The minimum absolute atomic E-state index is 0.0793. The lowest BCUT2D eigenvalue weighted by atomic mass is 10.1. The summed E-state index contributed by atoms with van der Waals surface area (Å²) in [5.41, 5.74) is 0.465. The number of carbonyl (C=O) groups is 1. The van der Waals surface area contributed by atoms with Gasteiger partial charge in [-0.05, 0) is 18.1 Å². The standard InChI is InChI=1S/C16H21ClN4O2/c1-12(2)10-20(14-7-5-4-6-13(14)17)15(22)8-9-21-16(23)19(3)11-18-21/h4-7,11-12H,8-10H2,1-3H3. The fourth-order valence-corrected chi connectivity index (χ4v) is 2.52. The highest BCUT2D eigenvalue weighted by molar-refractivity contribution is 6.33. The van der Waals surface area contributed by atoms with E-state index in [0.29, 0.717) is 23.2 Å². The van der Waals surface area contributed by atoms with Gasteiger partial charge in [-0.15, -0.1) is 0 Å². The number of carbonyl (C=O) groups excluding carboxylic acids is 1. The van der Waals surface area contributed by atoms with Crippen molar-refractivity contribution in [3.63, 3.8) is 0 Å². The van der Waals surface area contributed by atoms with Gasteiger partial charge in [-0.3, -0.25) is 9.36 Å². The Kier molecular flexibility index (Phi) is 5.60. The van der Waals surface area contributed by atoms with Crippen LogP contribution in [0, 0.1) is 5.92 Å². The third-order valence-corrected chi connectivity index (χ3v) is 3.74. The number of para-hydroxylation sites is 1. The van der Waals surface area contributed by atoms with E-state index in [4.69, 9.17) is 11.6 Å². The Bertz CT molecular complexity index is 736. The molecule has 0 aliphatic heterocycles. The maximum absolute atomic E-state index is 12.6. The Labute approximate surface area is 140 Å². The smallest absolute Gasteiger partial charge is 0.311 e. The molecule has 0 aliphatic rings. The largest absolute Gasteiger partial charge is 0.345 e. The molecule has 0 N–H and O–H groups in total. The molecular weight excluding hydrogens is 316 g/mol. The average Bonchev–Trinajstić information content (AvgIpc) is 2.82. The van der Waals surface area contributed by atoms with Gasteiger partial charge in [0.1, 0.15) is 6.33 Å². The summed E-state index contributed by atoms with van der Waals surface area (Å²) in [4.78, 5) is 26.1. The van der Waals surface area contributed by atoms with E-state index in [0.717, 1.165) is 0 Å². The molecule has 23 heavy (non-hydrogen) atoms. The molecule has 0 aliphatic carbocycles. The number of benzene rings is 1. The molecule has 0 fully saturated rings. The number of aryl methyl sites for hydroxylation is 2. The van der Waals surface area contributed by atoms with Crippen molar-refractivity contribution in [3.8, 4) is 0 Å². The van der Waals surface area contributed by atoms with Crippen molar-refractivity contribution in [3.05, 3.63) is 46.1 Å². The molecule has 1 aromatic carbocycles. The molecular formula is C16H21ClN4O2. The molecule has 7 heteroatoms. The Morgan fingerprint density at radius 2 is 2.04 bits per heavy atom. The van der Waals surface area contributed by atoms with Gasteiger partial charge in [-0.25, -0.2) is 9.48 Å². The first-order valence-electron chi connectivity index (χ1n) is 7.53. The third kappa shape index (κ3) is 4.22. The van der Waals surface area contributed by atoms with Gasteiger partial charge in [0.15, 0.2) is 0 Å². The van der Waals surface area contributed by atoms with Crippen molar-refractivity contribution in [1.29, 1.82) is 0 Å².